The fourth-order valence-electron chi connectivity index (χ4n) is 1.97. The van der Waals surface area contributed by atoms with E-state index in [2.05, 4.69) is 26.1 Å². The third-order valence-electron chi connectivity index (χ3n) is 3.04. The van der Waals surface area contributed by atoms with Gasteiger partial charge in [0.2, 0.25) is 5.82 Å². The molecule has 5 nitrogen and oxygen atoms in total. The van der Waals surface area contributed by atoms with E-state index in [1.54, 1.807) is 12.1 Å². The lowest BCUT2D eigenvalue weighted by molar-refractivity contribution is 0.426. The molecule has 0 atom stereocenters. The van der Waals surface area contributed by atoms with E-state index in [-0.39, 0.29) is 11.6 Å². The predicted molar refractivity (Wildman–Crippen MR) is 83.7 cm³/mol. The topological polar surface area (TPSA) is 85.2 Å². The molecule has 3 aromatic rings. The van der Waals surface area contributed by atoms with Crippen LogP contribution in [0, 0.1) is 6.92 Å². The van der Waals surface area contributed by atoms with E-state index < -0.39 is 0 Å². The second-order valence-corrected chi connectivity index (χ2v) is 5.54. The number of halogens is 1. The molecule has 0 aliphatic rings. The molecule has 0 spiro atoms. The number of aromatic nitrogens is 2. The Kier molecular flexibility index (Phi) is 3.39. The van der Waals surface area contributed by atoms with Crippen molar-refractivity contribution in [3.8, 4) is 28.6 Å². The molecule has 0 aliphatic heterocycles. The molecule has 21 heavy (non-hydrogen) atoms. The van der Waals surface area contributed by atoms with Crippen LogP contribution in [0.1, 0.15) is 5.56 Å². The number of nitrogens with zero attached hydrogens (tertiary/aromatic N) is 2. The normalized spacial score (nSPS) is 10.8. The van der Waals surface area contributed by atoms with E-state index in [1.165, 1.54) is 6.07 Å². The zero-order chi connectivity index (χ0) is 15.0. The van der Waals surface area contributed by atoms with Gasteiger partial charge in [-0.15, -0.1) is 0 Å². The zero-order valence-electron chi connectivity index (χ0n) is 11.2. The first kappa shape index (κ1) is 13.6. The lowest BCUT2D eigenvalue weighted by Crippen LogP contribution is -1.86. The van der Waals surface area contributed by atoms with Crippen LogP contribution in [-0.2, 0) is 0 Å². The van der Waals surface area contributed by atoms with Gasteiger partial charge in [0, 0.05) is 21.8 Å². The molecule has 0 saturated heterocycles. The minimum atomic E-state index is 0.00757. The van der Waals surface area contributed by atoms with E-state index in [0.717, 1.165) is 15.6 Å². The Morgan fingerprint density at radius 2 is 1.90 bits per heavy atom. The summed E-state index contributed by atoms with van der Waals surface area (Å²) in [5, 5.41) is 13.9. The minimum Gasteiger partial charge on any atom is -0.507 e. The van der Waals surface area contributed by atoms with Gasteiger partial charge in [0.05, 0.1) is 5.56 Å². The Morgan fingerprint density at radius 1 is 1.14 bits per heavy atom. The lowest BCUT2D eigenvalue weighted by atomic mass is 10.1. The predicted octanol–water partition coefficient (Wildman–Crippen LogP) is 3.76. The highest BCUT2D eigenvalue weighted by molar-refractivity contribution is 9.10. The largest absolute Gasteiger partial charge is 0.507 e. The van der Waals surface area contributed by atoms with Gasteiger partial charge >= 0.3 is 0 Å². The van der Waals surface area contributed by atoms with Crippen LogP contribution < -0.4 is 5.73 Å². The number of phenols is 1. The second kappa shape index (κ2) is 5.21. The molecule has 0 saturated carbocycles. The molecule has 6 heteroatoms. The Bertz CT molecular complexity index is 748. The van der Waals surface area contributed by atoms with Gasteiger partial charge in [-0.25, -0.2) is 0 Å². The van der Waals surface area contributed by atoms with E-state index in [4.69, 9.17) is 10.3 Å². The summed E-state index contributed by atoms with van der Waals surface area (Å²) in [5.74, 6) is 0.705. The Morgan fingerprint density at radius 3 is 2.62 bits per heavy atom. The molecule has 0 radical (unpaired) electrons. The van der Waals surface area contributed by atoms with Crippen molar-refractivity contribution >= 4 is 21.6 Å². The van der Waals surface area contributed by atoms with Crippen molar-refractivity contribution in [2.24, 2.45) is 0 Å². The van der Waals surface area contributed by atoms with E-state index in [9.17, 15) is 5.11 Å². The van der Waals surface area contributed by atoms with Gasteiger partial charge in [-0.05, 0) is 36.8 Å². The summed E-state index contributed by atoms with van der Waals surface area (Å²) in [6, 6.07) is 10.6. The molecule has 1 aromatic heterocycles. The second-order valence-electron chi connectivity index (χ2n) is 4.68. The highest BCUT2D eigenvalue weighted by Gasteiger charge is 2.15. The SMILES string of the molecule is Cc1ccc(-c2noc(-c3ccc(N)cc3O)n2)c(Br)c1. The van der Waals surface area contributed by atoms with Crippen LogP contribution in [0.3, 0.4) is 0 Å². The fraction of sp³-hybridized carbons (Fsp3) is 0.0667. The number of aromatic hydroxyl groups is 1. The summed E-state index contributed by atoms with van der Waals surface area (Å²) in [6.07, 6.45) is 0. The molecule has 3 N–H and O–H groups in total. The maximum Gasteiger partial charge on any atom is 0.262 e. The standard InChI is InChI=1S/C15H12BrN3O2/c1-8-2-4-10(12(16)6-8)14-18-15(21-19-14)11-5-3-9(17)7-13(11)20/h2-7,20H,17H2,1H3. The van der Waals surface area contributed by atoms with Crippen molar-refractivity contribution in [3.05, 3.63) is 46.4 Å². The van der Waals surface area contributed by atoms with Gasteiger partial charge < -0.3 is 15.4 Å². The number of rotatable bonds is 2. The van der Waals surface area contributed by atoms with Crippen LogP contribution >= 0.6 is 15.9 Å². The third-order valence-corrected chi connectivity index (χ3v) is 3.70. The summed E-state index contributed by atoms with van der Waals surface area (Å²) < 4.78 is 6.11. The quantitative estimate of drug-likeness (QED) is 0.690. The molecular weight excluding hydrogens is 334 g/mol. The van der Waals surface area contributed by atoms with Crippen molar-refractivity contribution < 1.29 is 9.63 Å². The minimum absolute atomic E-state index is 0.00757. The van der Waals surface area contributed by atoms with Crippen molar-refractivity contribution in [1.29, 1.82) is 0 Å². The Labute approximate surface area is 129 Å². The van der Waals surface area contributed by atoms with Crippen LogP contribution in [0.5, 0.6) is 5.75 Å². The molecule has 3 rings (SSSR count). The summed E-state index contributed by atoms with van der Waals surface area (Å²) in [4.78, 5) is 4.32. The first-order valence-corrected chi connectivity index (χ1v) is 7.03. The van der Waals surface area contributed by atoms with Crippen LogP contribution in [0.25, 0.3) is 22.8 Å². The molecule has 0 aliphatic carbocycles. The average Bonchev–Trinajstić information content (AvgIpc) is 2.87. The van der Waals surface area contributed by atoms with Crippen LogP contribution in [-0.4, -0.2) is 15.2 Å². The lowest BCUT2D eigenvalue weighted by Gasteiger charge is -2.01. The molecule has 1 heterocycles. The van der Waals surface area contributed by atoms with Gasteiger partial charge in [-0.1, -0.05) is 27.2 Å². The van der Waals surface area contributed by atoms with E-state index in [0.29, 0.717) is 17.1 Å². The van der Waals surface area contributed by atoms with Gasteiger partial charge in [0.25, 0.3) is 5.89 Å². The number of benzene rings is 2. The number of aryl methyl sites for hydroxylation is 1. The molecule has 0 fully saturated rings. The monoisotopic (exact) mass is 345 g/mol. The maximum atomic E-state index is 9.90. The Hall–Kier alpha value is -2.34. The van der Waals surface area contributed by atoms with Gasteiger partial charge in [0.1, 0.15) is 5.75 Å². The molecule has 0 amide bonds. The van der Waals surface area contributed by atoms with Crippen molar-refractivity contribution in [3.63, 3.8) is 0 Å². The number of nitrogens with two attached hydrogens (primary N) is 1. The van der Waals surface area contributed by atoms with E-state index in [1.807, 2.05) is 25.1 Å². The third kappa shape index (κ3) is 2.62. The van der Waals surface area contributed by atoms with Gasteiger partial charge in [-0.2, -0.15) is 4.98 Å². The number of phenolic OH excluding ortho intramolecular Hbond substituents is 1. The van der Waals surface area contributed by atoms with Crippen LogP contribution in [0.15, 0.2) is 45.4 Å². The Balaban J connectivity index is 2.03. The van der Waals surface area contributed by atoms with Crippen molar-refractivity contribution in [2.45, 2.75) is 6.92 Å². The van der Waals surface area contributed by atoms with Crippen LogP contribution in [0.2, 0.25) is 0 Å². The molecular formula is C15H12BrN3O2. The van der Waals surface area contributed by atoms with Crippen molar-refractivity contribution in [1.82, 2.24) is 10.1 Å². The molecule has 106 valence electrons. The first-order chi connectivity index (χ1) is 10.0. The molecule has 2 aromatic carbocycles. The maximum absolute atomic E-state index is 9.90. The highest BCUT2D eigenvalue weighted by atomic mass is 79.9. The molecule has 0 bridgehead atoms. The van der Waals surface area contributed by atoms with Crippen molar-refractivity contribution in [2.75, 3.05) is 5.73 Å². The van der Waals surface area contributed by atoms with Gasteiger partial charge in [-0.3, -0.25) is 0 Å². The smallest absolute Gasteiger partial charge is 0.262 e. The zero-order valence-corrected chi connectivity index (χ0v) is 12.8. The number of hydrogen-bond donors (Lipinski definition) is 2. The average molecular weight is 346 g/mol. The number of nitrogen functional groups attached to an aromatic ring is 1. The summed E-state index contributed by atoms with van der Waals surface area (Å²) >= 11 is 3.49. The highest BCUT2D eigenvalue weighted by Crippen LogP contribution is 2.32. The van der Waals surface area contributed by atoms with Gasteiger partial charge in [0.15, 0.2) is 0 Å². The first-order valence-electron chi connectivity index (χ1n) is 6.23. The number of hydrogen-bond acceptors (Lipinski definition) is 5. The fourth-order valence-corrected chi connectivity index (χ4v) is 2.64. The number of anilines is 1. The van der Waals surface area contributed by atoms with Crippen LogP contribution in [0.4, 0.5) is 5.69 Å². The summed E-state index contributed by atoms with van der Waals surface area (Å²) in [7, 11) is 0. The van der Waals surface area contributed by atoms with E-state index >= 15 is 0 Å². The summed E-state index contributed by atoms with van der Waals surface area (Å²) in [5.41, 5.74) is 8.48. The summed E-state index contributed by atoms with van der Waals surface area (Å²) in [6.45, 7) is 2.00. The molecule has 0 unspecified atom stereocenters.